The first-order chi connectivity index (χ1) is 21.1. The molecular formula is C34H38O8S2. The van der Waals surface area contributed by atoms with Gasteiger partial charge in [0.1, 0.15) is 10.6 Å². The second-order valence-electron chi connectivity index (χ2n) is 13.4. The van der Waals surface area contributed by atoms with Gasteiger partial charge < -0.3 is 13.7 Å². The molecule has 10 heteroatoms. The van der Waals surface area contributed by atoms with Gasteiger partial charge in [0.15, 0.2) is 0 Å². The van der Waals surface area contributed by atoms with Gasteiger partial charge >= 0.3 is 10.1 Å². The lowest BCUT2D eigenvalue weighted by Gasteiger charge is -2.32. The van der Waals surface area contributed by atoms with Crippen molar-refractivity contribution in [2.24, 2.45) is 0 Å². The van der Waals surface area contributed by atoms with Crippen LogP contribution in [0, 0.1) is 0 Å². The summed E-state index contributed by atoms with van der Waals surface area (Å²) in [4.78, 5) is 0.0268. The molecule has 0 aromatic heterocycles. The molecule has 0 saturated carbocycles. The van der Waals surface area contributed by atoms with Gasteiger partial charge in [-0.25, -0.2) is 0 Å². The molecule has 3 unspecified atom stereocenters. The molecule has 44 heavy (non-hydrogen) atoms. The van der Waals surface area contributed by atoms with E-state index >= 15 is 0 Å². The third-order valence-electron chi connectivity index (χ3n) is 10.8. The summed E-state index contributed by atoms with van der Waals surface area (Å²) in [5.74, 6) is 0.0562. The van der Waals surface area contributed by atoms with E-state index in [0.29, 0.717) is 29.5 Å². The molecule has 4 bridgehead atoms. The lowest BCUT2D eigenvalue weighted by atomic mass is 9.77. The summed E-state index contributed by atoms with van der Waals surface area (Å²) in [6.45, 7) is 0. The molecule has 4 fully saturated rings. The lowest BCUT2D eigenvalue weighted by Crippen LogP contribution is -2.29. The van der Waals surface area contributed by atoms with Crippen molar-refractivity contribution in [1.82, 2.24) is 0 Å². The predicted molar refractivity (Wildman–Crippen MR) is 164 cm³/mol. The fourth-order valence-electron chi connectivity index (χ4n) is 8.87. The Labute approximate surface area is 259 Å². The second-order valence-corrected chi connectivity index (χ2v) is 16.2. The van der Waals surface area contributed by atoms with Crippen molar-refractivity contribution in [3.63, 3.8) is 0 Å². The van der Waals surface area contributed by atoms with Crippen molar-refractivity contribution in [3.8, 4) is 5.75 Å². The minimum Gasteiger partial charge on any atom is -0.379 e. The maximum absolute atomic E-state index is 14.9. The largest absolute Gasteiger partial charge is 0.379 e. The van der Waals surface area contributed by atoms with Crippen molar-refractivity contribution < 1.29 is 35.0 Å². The number of benzene rings is 3. The van der Waals surface area contributed by atoms with Crippen LogP contribution in [0.1, 0.15) is 98.8 Å². The summed E-state index contributed by atoms with van der Waals surface area (Å²) < 4.78 is 83.6. The van der Waals surface area contributed by atoms with Gasteiger partial charge in [-0.05, 0) is 111 Å². The van der Waals surface area contributed by atoms with E-state index < -0.39 is 25.8 Å². The van der Waals surface area contributed by atoms with Gasteiger partial charge in [-0.15, -0.1) is 0 Å². The van der Waals surface area contributed by atoms with E-state index in [1.807, 2.05) is 30.3 Å². The Bertz CT molecular complexity index is 1860. The Kier molecular flexibility index (Phi) is 6.92. The molecule has 0 amide bonds. The summed E-state index contributed by atoms with van der Waals surface area (Å²) in [5, 5.41) is 1.84. The van der Waals surface area contributed by atoms with Crippen LogP contribution >= 0.6 is 0 Å². The Balaban J connectivity index is 1.35. The Morgan fingerprint density at radius 1 is 0.841 bits per heavy atom. The van der Waals surface area contributed by atoms with Gasteiger partial charge in [0.2, 0.25) is 0 Å². The highest BCUT2D eigenvalue weighted by Gasteiger charge is 2.52. The number of hydrogen-bond donors (Lipinski definition) is 1. The van der Waals surface area contributed by atoms with Crippen molar-refractivity contribution in [1.29, 1.82) is 0 Å². The normalized spacial score (nSPS) is 29.9. The Hall–Kier alpha value is -2.50. The van der Waals surface area contributed by atoms with Gasteiger partial charge in [0, 0.05) is 17.0 Å². The summed E-state index contributed by atoms with van der Waals surface area (Å²) in [5.41, 5.74) is 1.72. The maximum Gasteiger partial charge on any atom is 0.339 e. The Morgan fingerprint density at radius 2 is 1.59 bits per heavy atom. The average Bonchev–Trinajstić information content (AvgIpc) is 3.78. The van der Waals surface area contributed by atoms with Gasteiger partial charge in [0.05, 0.1) is 28.8 Å². The van der Waals surface area contributed by atoms with Crippen LogP contribution < -0.4 is 4.18 Å². The van der Waals surface area contributed by atoms with Crippen molar-refractivity contribution >= 4 is 31.0 Å². The van der Waals surface area contributed by atoms with E-state index in [1.165, 1.54) is 12.1 Å². The standard InChI is InChI=1S/C34H38O8S2/c35-43(36,37)31-14-13-30(25-9-3-1-2-4-10-26(25)31)42-44(38,39)33-28(27-20-23-11-12-29(27)40-23)19-21-7-5-6-8-24(21)32(33)34-17-15-22(41-34)16-18-34/h5-8,13-14,19,22-23,27,29H,1-4,9-12,15-18,20H2,(H,35,36,37). The average molecular weight is 639 g/mol. The van der Waals surface area contributed by atoms with Crippen LogP contribution in [-0.2, 0) is 48.2 Å². The Morgan fingerprint density at radius 3 is 2.25 bits per heavy atom. The highest BCUT2D eigenvalue weighted by molar-refractivity contribution is 7.87. The van der Waals surface area contributed by atoms with E-state index in [9.17, 15) is 21.4 Å². The van der Waals surface area contributed by atoms with Crippen LogP contribution in [0.25, 0.3) is 10.8 Å². The smallest absolute Gasteiger partial charge is 0.339 e. The van der Waals surface area contributed by atoms with E-state index in [-0.39, 0.29) is 39.8 Å². The fourth-order valence-corrected chi connectivity index (χ4v) is 11.2. The highest BCUT2D eigenvalue weighted by atomic mass is 32.2. The van der Waals surface area contributed by atoms with E-state index in [1.54, 1.807) is 0 Å². The third-order valence-corrected chi connectivity index (χ3v) is 13.1. The summed E-state index contributed by atoms with van der Waals surface area (Å²) in [6.07, 6.45) is 10.4. The minimum absolute atomic E-state index is 0.0460. The first kappa shape index (κ1) is 28.9. The molecule has 4 aliphatic heterocycles. The van der Waals surface area contributed by atoms with E-state index in [0.717, 1.165) is 87.0 Å². The van der Waals surface area contributed by atoms with Crippen molar-refractivity contribution in [2.45, 2.75) is 123 Å². The molecule has 3 atom stereocenters. The zero-order chi connectivity index (χ0) is 30.3. The molecule has 5 aliphatic rings. The van der Waals surface area contributed by atoms with Crippen molar-refractivity contribution in [2.75, 3.05) is 0 Å². The van der Waals surface area contributed by atoms with Gasteiger partial charge in [-0.1, -0.05) is 37.1 Å². The predicted octanol–water partition coefficient (Wildman–Crippen LogP) is 6.72. The van der Waals surface area contributed by atoms with E-state index in [4.69, 9.17) is 13.7 Å². The third kappa shape index (κ3) is 4.71. The number of fused-ring (bicyclic) bond motifs is 6. The maximum atomic E-state index is 14.9. The summed E-state index contributed by atoms with van der Waals surface area (Å²) in [7, 11) is -8.93. The van der Waals surface area contributed by atoms with Crippen molar-refractivity contribution in [3.05, 3.63) is 64.7 Å². The molecule has 0 spiro atoms. The monoisotopic (exact) mass is 638 g/mol. The number of hydrogen-bond acceptors (Lipinski definition) is 7. The van der Waals surface area contributed by atoms with Crippen LogP contribution in [0.2, 0.25) is 0 Å². The lowest BCUT2D eigenvalue weighted by molar-refractivity contribution is 0.00884. The zero-order valence-corrected chi connectivity index (χ0v) is 26.3. The SMILES string of the molecule is O=S(=O)(O)c1ccc(OS(=O)(=O)c2c(C3CC4CCC3O4)cc3ccccc3c2C23CCC(CC2)O3)c2c1CCCCCC2. The molecule has 4 heterocycles. The quantitative estimate of drug-likeness (QED) is 0.234. The van der Waals surface area contributed by atoms with Crippen LogP contribution in [-0.4, -0.2) is 39.7 Å². The molecule has 4 saturated heterocycles. The molecule has 1 N–H and O–H groups in total. The second kappa shape index (κ2) is 10.5. The first-order valence-corrected chi connectivity index (χ1v) is 18.9. The fraction of sp³-hybridized carbons (Fsp3) is 0.529. The topological polar surface area (TPSA) is 116 Å². The zero-order valence-electron chi connectivity index (χ0n) is 24.7. The number of ether oxygens (including phenoxy) is 2. The molecule has 0 radical (unpaired) electrons. The van der Waals surface area contributed by atoms with E-state index in [2.05, 4.69) is 0 Å². The van der Waals surface area contributed by atoms with Gasteiger partial charge in [0.25, 0.3) is 10.1 Å². The highest BCUT2D eigenvalue weighted by Crippen LogP contribution is 2.56. The number of rotatable bonds is 6. The molecular weight excluding hydrogens is 601 g/mol. The van der Waals surface area contributed by atoms with Crippen LogP contribution in [0.5, 0.6) is 5.75 Å². The molecule has 1 aliphatic carbocycles. The van der Waals surface area contributed by atoms with Crippen LogP contribution in [0.4, 0.5) is 0 Å². The summed E-state index contributed by atoms with van der Waals surface area (Å²) >= 11 is 0. The van der Waals surface area contributed by atoms with Gasteiger partial charge in [-0.3, -0.25) is 4.55 Å². The minimum atomic E-state index is -4.49. The molecule has 8 rings (SSSR count). The first-order valence-electron chi connectivity index (χ1n) is 16.1. The molecule has 8 nitrogen and oxygen atoms in total. The molecule has 3 aromatic rings. The van der Waals surface area contributed by atoms with Gasteiger partial charge in [-0.2, -0.15) is 16.8 Å². The molecule has 3 aromatic carbocycles. The van der Waals surface area contributed by atoms with Crippen LogP contribution in [0.3, 0.4) is 0 Å². The summed E-state index contributed by atoms with van der Waals surface area (Å²) in [6, 6.07) is 12.7. The molecule has 234 valence electrons. The van der Waals surface area contributed by atoms with Crippen LogP contribution in [0.15, 0.2) is 52.3 Å².